The van der Waals surface area contributed by atoms with Crippen molar-refractivity contribution >= 4 is 28.5 Å². The highest BCUT2D eigenvalue weighted by Gasteiger charge is 2.27. The number of likely N-dealkylation sites (tertiary alicyclic amines) is 1. The van der Waals surface area contributed by atoms with Crippen LogP contribution in [0.15, 0.2) is 59.0 Å². The van der Waals surface area contributed by atoms with Gasteiger partial charge >= 0.3 is 0 Å². The lowest BCUT2D eigenvalue weighted by Crippen LogP contribution is -2.32. The lowest BCUT2D eigenvalue weighted by atomic mass is 10.1. The largest absolute Gasteiger partial charge is 0.449 e. The molecule has 1 fully saturated rings. The Labute approximate surface area is 158 Å². The molecule has 138 valence electrons. The van der Waals surface area contributed by atoms with Crippen molar-refractivity contribution in [3.05, 3.63) is 65.9 Å². The highest BCUT2D eigenvalue weighted by Crippen LogP contribution is 2.32. The van der Waals surface area contributed by atoms with E-state index in [1.54, 1.807) is 12.1 Å². The number of fused-ring (bicyclic) bond motifs is 1. The molecule has 2 heterocycles. The fourth-order valence-electron chi connectivity index (χ4n) is 3.51. The molecule has 0 bridgehead atoms. The summed E-state index contributed by atoms with van der Waals surface area (Å²) in [4.78, 5) is 27.7. The van der Waals surface area contributed by atoms with Crippen LogP contribution in [-0.2, 0) is 0 Å². The Morgan fingerprint density at radius 2 is 1.52 bits per heavy atom. The molecule has 1 N–H and O–H groups in total. The van der Waals surface area contributed by atoms with Gasteiger partial charge in [-0.15, -0.1) is 0 Å². The first kappa shape index (κ1) is 17.3. The van der Waals surface area contributed by atoms with Gasteiger partial charge < -0.3 is 14.6 Å². The molecule has 2 aromatic carbocycles. The summed E-state index contributed by atoms with van der Waals surface area (Å²) in [7, 11) is 0. The molecule has 1 aliphatic heterocycles. The van der Waals surface area contributed by atoms with Crippen molar-refractivity contribution in [3.8, 4) is 0 Å². The fraction of sp³-hybridized carbons (Fsp3) is 0.273. The third-order valence-electron chi connectivity index (χ3n) is 4.96. The molecule has 3 aromatic rings. The average Bonchev–Trinajstić information content (AvgIpc) is 2.88. The van der Waals surface area contributed by atoms with Crippen molar-refractivity contribution in [3.63, 3.8) is 0 Å². The molecule has 0 radical (unpaired) electrons. The van der Waals surface area contributed by atoms with Gasteiger partial charge in [0, 0.05) is 24.0 Å². The van der Waals surface area contributed by atoms with Gasteiger partial charge in [-0.2, -0.15) is 0 Å². The molecule has 0 atom stereocenters. The fourth-order valence-corrected chi connectivity index (χ4v) is 3.51. The zero-order valence-electron chi connectivity index (χ0n) is 15.1. The number of benzene rings is 2. The second-order valence-corrected chi connectivity index (χ2v) is 6.83. The molecule has 5 nitrogen and oxygen atoms in total. The van der Waals surface area contributed by atoms with E-state index in [-0.39, 0.29) is 17.6 Å². The summed E-state index contributed by atoms with van der Waals surface area (Å²) in [6.07, 6.45) is 4.28. The van der Waals surface area contributed by atoms with E-state index in [0.717, 1.165) is 44.2 Å². The van der Waals surface area contributed by atoms with Gasteiger partial charge in [-0.05, 0) is 37.1 Å². The van der Waals surface area contributed by atoms with E-state index < -0.39 is 0 Å². The van der Waals surface area contributed by atoms with Crippen LogP contribution in [0.1, 0.15) is 46.6 Å². The van der Waals surface area contributed by atoms with E-state index in [2.05, 4.69) is 5.32 Å². The third kappa shape index (κ3) is 3.58. The third-order valence-corrected chi connectivity index (χ3v) is 4.96. The van der Waals surface area contributed by atoms with Crippen molar-refractivity contribution in [2.75, 3.05) is 18.4 Å². The number of carbonyl (C=O) groups is 2. The van der Waals surface area contributed by atoms with Gasteiger partial charge in [0.1, 0.15) is 11.3 Å². The first-order valence-electron chi connectivity index (χ1n) is 9.41. The topological polar surface area (TPSA) is 62.6 Å². The van der Waals surface area contributed by atoms with Gasteiger partial charge in [0.25, 0.3) is 11.8 Å². The van der Waals surface area contributed by atoms with Crippen LogP contribution in [0.2, 0.25) is 0 Å². The maximum Gasteiger partial charge on any atom is 0.291 e. The Hall–Kier alpha value is -3.08. The Bertz CT molecular complexity index is 954. The van der Waals surface area contributed by atoms with Crippen molar-refractivity contribution < 1.29 is 14.0 Å². The predicted octanol–water partition coefficient (Wildman–Crippen LogP) is 4.70. The second-order valence-electron chi connectivity index (χ2n) is 6.83. The second kappa shape index (κ2) is 7.66. The SMILES string of the molecule is O=C(Nc1c(C(=O)N2CCCCCC2)oc2ccccc12)c1ccccc1. The minimum absolute atomic E-state index is 0.156. The Balaban J connectivity index is 1.71. The van der Waals surface area contributed by atoms with Crippen molar-refractivity contribution in [1.29, 1.82) is 0 Å². The molecule has 0 aliphatic carbocycles. The zero-order chi connectivity index (χ0) is 18.6. The van der Waals surface area contributed by atoms with Crippen molar-refractivity contribution in [2.24, 2.45) is 0 Å². The molecule has 2 amide bonds. The highest BCUT2D eigenvalue weighted by molar-refractivity contribution is 6.14. The van der Waals surface area contributed by atoms with Crippen LogP contribution < -0.4 is 5.32 Å². The summed E-state index contributed by atoms with van der Waals surface area (Å²) >= 11 is 0. The number of furan rings is 1. The standard InChI is InChI=1S/C22H22N2O3/c25-21(16-10-4-3-5-11-16)23-19-17-12-6-7-13-18(17)27-20(19)22(26)24-14-8-1-2-9-15-24/h3-7,10-13H,1-2,8-9,14-15H2,(H,23,25). The summed E-state index contributed by atoms with van der Waals surface area (Å²) in [5.74, 6) is -0.203. The van der Waals surface area contributed by atoms with Crippen molar-refractivity contribution in [2.45, 2.75) is 25.7 Å². The number of nitrogens with one attached hydrogen (secondary N) is 1. The van der Waals surface area contributed by atoms with Crippen LogP contribution in [0.4, 0.5) is 5.69 Å². The maximum atomic E-state index is 13.1. The number of hydrogen-bond acceptors (Lipinski definition) is 3. The first-order valence-corrected chi connectivity index (χ1v) is 9.41. The molecule has 0 spiro atoms. The van der Waals surface area contributed by atoms with E-state index in [4.69, 9.17) is 4.42 Å². The lowest BCUT2D eigenvalue weighted by molar-refractivity contribution is 0.0733. The summed E-state index contributed by atoms with van der Waals surface area (Å²) < 4.78 is 5.89. The van der Waals surface area contributed by atoms with E-state index in [9.17, 15) is 9.59 Å². The van der Waals surface area contributed by atoms with E-state index in [1.165, 1.54) is 0 Å². The van der Waals surface area contributed by atoms with E-state index in [1.807, 2.05) is 47.4 Å². The Morgan fingerprint density at radius 3 is 2.26 bits per heavy atom. The maximum absolute atomic E-state index is 13.1. The number of carbonyl (C=O) groups excluding carboxylic acids is 2. The van der Waals surface area contributed by atoms with Gasteiger partial charge in [0.15, 0.2) is 0 Å². The van der Waals surface area contributed by atoms with Crippen LogP contribution in [-0.4, -0.2) is 29.8 Å². The van der Waals surface area contributed by atoms with Crippen LogP contribution in [0.5, 0.6) is 0 Å². The summed E-state index contributed by atoms with van der Waals surface area (Å²) in [5, 5.41) is 3.64. The monoisotopic (exact) mass is 362 g/mol. The first-order chi connectivity index (χ1) is 13.2. The summed E-state index contributed by atoms with van der Waals surface area (Å²) in [5.41, 5.74) is 1.59. The van der Waals surface area contributed by atoms with E-state index >= 15 is 0 Å². The quantitative estimate of drug-likeness (QED) is 0.734. The summed E-state index contributed by atoms with van der Waals surface area (Å²) in [6.45, 7) is 1.45. The molecule has 1 aromatic heterocycles. The molecule has 1 saturated heterocycles. The van der Waals surface area contributed by atoms with Gasteiger partial charge in [-0.1, -0.05) is 43.2 Å². The normalized spacial score (nSPS) is 14.7. The molecule has 0 unspecified atom stereocenters. The number of rotatable bonds is 3. The molecule has 27 heavy (non-hydrogen) atoms. The average molecular weight is 362 g/mol. The molecule has 0 saturated carbocycles. The number of anilines is 1. The zero-order valence-corrected chi connectivity index (χ0v) is 15.1. The van der Waals surface area contributed by atoms with Crippen LogP contribution in [0.3, 0.4) is 0 Å². The molecule has 1 aliphatic rings. The Kier molecular flexibility index (Phi) is 4.92. The molecule has 5 heteroatoms. The molecular weight excluding hydrogens is 340 g/mol. The van der Waals surface area contributed by atoms with Crippen LogP contribution in [0, 0.1) is 0 Å². The Morgan fingerprint density at radius 1 is 0.852 bits per heavy atom. The molecular formula is C22H22N2O3. The van der Waals surface area contributed by atoms with Gasteiger partial charge in [-0.3, -0.25) is 9.59 Å². The lowest BCUT2D eigenvalue weighted by Gasteiger charge is -2.19. The smallest absolute Gasteiger partial charge is 0.291 e. The minimum Gasteiger partial charge on any atom is -0.449 e. The molecule has 4 rings (SSSR count). The number of amides is 2. The van der Waals surface area contributed by atoms with Gasteiger partial charge in [-0.25, -0.2) is 0 Å². The van der Waals surface area contributed by atoms with Crippen LogP contribution in [0.25, 0.3) is 11.0 Å². The van der Waals surface area contributed by atoms with Crippen LogP contribution >= 0.6 is 0 Å². The predicted molar refractivity (Wildman–Crippen MR) is 105 cm³/mol. The van der Waals surface area contributed by atoms with Gasteiger partial charge in [0.05, 0.1) is 0 Å². The minimum atomic E-state index is -0.257. The number of para-hydroxylation sites is 1. The number of nitrogens with zero attached hydrogens (tertiary/aromatic N) is 1. The van der Waals surface area contributed by atoms with Crippen molar-refractivity contribution in [1.82, 2.24) is 4.90 Å². The van der Waals surface area contributed by atoms with Gasteiger partial charge in [0.2, 0.25) is 5.76 Å². The number of hydrogen-bond donors (Lipinski definition) is 1. The van der Waals surface area contributed by atoms with E-state index in [0.29, 0.717) is 16.8 Å². The highest BCUT2D eigenvalue weighted by atomic mass is 16.3. The summed E-state index contributed by atoms with van der Waals surface area (Å²) in [6, 6.07) is 16.4.